The second kappa shape index (κ2) is 22.8. The Kier molecular flexibility index (Phi) is 13.3. The zero-order valence-electron chi connectivity index (χ0n) is 52.7. The van der Waals surface area contributed by atoms with Crippen LogP contribution < -0.4 is 0 Å². The topological polar surface area (TPSA) is 150 Å². The standard InChI is InChI=1S/C62H35N11.C12H9N.C7F5N.H/c63-36-42-58(69-43-21-6-1-16-37(43)53-48(69)26-11-31-64-53)60(71-45-23-8-3-18-39(45)55-50(71)28-13-33-66-55)62(73-47-25-10-5-20-41(47)57-52(73)30-15-35-68-57)61(72-46-24-9-4-19-40(46)56-51(72)29-14-34-67-56)59(42)70-44-22-7-2-17-38(44)54-49(70)27-12-32-65-54;1-2-6-11-9(4-1)8-10-5-3-7-13-12(10)11;8-3-2(1-13)4(9)6(11)7(12)5(3)10;/h1-35H;1-7H,8H2;;/q;;;-1/i;;;1+1. The zero-order valence-corrected chi connectivity index (χ0v) is 51.7. The van der Waals surface area contributed by atoms with Crippen molar-refractivity contribution in [1.82, 2.24) is 52.7 Å². The average Bonchev–Trinajstić information content (AvgIpc) is 1.46. The lowest BCUT2D eigenvalue weighted by Gasteiger charge is -2.29. The van der Waals surface area contributed by atoms with Gasteiger partial charge in [0.25, 0.3) is 0 Å². The predicted molar refractivity (Wildman–Crippen MR) is 376 cm³/mol. The van der Waals surface area contributed by atoms with E-state index in [4.69, 9.17) is 30.2 Å². The normalized spacial score (nSPS) is 11.8. The molecule has 11 aromatic heterocycles. The Morgan fingerprint density at radius 3 is 0.889 bits per heavy atom. The summed E-state index contributed by atoms with van der Waals surface area (Å²) in [5.74, 6) is -10.7. The van der Waals surface area contributed by atoms with E-state index in [9.17, 15) is 27.2 Å². The van der Waals surface area contributed by atoms with Gasteiger partial charge < -0.3 is 24.3 Å². The van der Waals surface area contributed by atoms with E-state index in [0.717, 1.165) is 145 Å². The predicted octanol–water partition coefficient (Wildman–Crippen LogP) is 19.0. The fraction of sp³-hybridized carbons (Fsp3) is 0.0123. The lowest BCUT2D eigenvalue weighted by atomic mass is 10.0. The third-order valence-corrected chi connectivity index (χ3v) is 18.6. The molecule has 0 saturated carbocycles. The van der Waals surface area contributed by atoms with Crippen LogP contribution in [0.3, 0.4) is 0 Å². The van der Waals surface area contributed by atoms with Crippen LogP contribution in [0.2, 0.25) is 0 Å². The molecule has 470 valence electrons. The first kappa shape index (κ1) is 57.9. The van der Waals surface area contributed by atoms with E-state index in [0.29, 0.717) is 16.9 Å². The fourth-order valence-corrected chi connectivity index (χ4v) is 14.6. The van der Waals surface area contributed by atoms with Crippen molar-refractivity contribution in [3.63, 3.8) is 0 Å². The van der Waals surface area contributed by atoms with Gasteiger partial charge in [-0.3, -0.25) is 29.9 Å². The Balaban J connectivity index is 0.000000231. The molecule has 8 aromatic carbocycles. The largest absolute Gasteiger partial charge is 1.00 e. The van der Waals surface area contributed by atoms with E-state index < -0.39 is 34.6 Å². The molecule has 1 aliphatic carbocycles. The van der Waals surface area contributed by atoms with Crippen LogP contribution in [0.15, 0.2) is 256 Å². The zero-order chi connectivity index (χ0) is 66.7. The van der Waals surface area contributed by atoms with E-state index in [1.54, 1.807) is 0 Å². The number of fused-ring (bicyclic) bond motifs is 18. The number of benzene rings is 8. The van der Waals surface area contributed by atoms with E-state index in [1.807, 2.05) is 73.6 Å². The summed E-state index contributed by atoms with van der Waals surface area (Å²) in [6.45, 7) is 0. The van der Waals surface area contributed by atoms with Gasteiger partial charge in [-0.25, -0.2) is 22.0 Å². The van der Waals surface area contributed by atoms with E-state index in [1.165, 1.54) is 16.7 Å². The van der Waals surface area contributed by atoms with Gasteiger partial charge in [-0.15, -0.1) is 0 Å². The second-order valence-corrected chi connectivity index (χ2v) is 23.8. The van der Waals surface area contributed by atoms with Crippen LogP contribution in [-0.4, -0.2) is 52.7 Å². The summed E-state index contributed by atoms with van der Waals surface area (Å²) in [7, 11) is 0. The van der Waals surface area contributed by atoms with Crippen molar-refractivity contribution in [2.75, 3.05) is 0 Å². The van der Waals surface area contributed by atoms with E-state index >= 15 is 0 Å². The van der Waals surface area contributed by atoms with Crippen molar-refractivity contribution in [2.45, 2.75) is 6.42 Å². The first-order valence-electron chi connectivity index (χ1n) is 31.5. The molecular weight excluding hydrogens is 1250 g/mol. The third kappa shape index (κ3) is 8.56. The molecule has 0 atom stereocenters. The van der Waals surface area contributed by atoms with Gasteiger partial charge in [0.2, 0.25) is 5.82 Å². The Labute approximate surface area is 558 Å². The molecule has 11 heterocycles. The smallest absolute Gasteiger partial charge is 0.200 e. The van der Waals surface area contributed by atoms with Gasteiger partial charge in [-0.2, -0.15) is 10.5 Å². The first-order chi connectivity index (χ1) is 48.7. The fourth-order valence-electron chi connectivity index (χ4n) is 14.6. The molecule has 13 nitrogen and oxygen atoms in total. The lowest BCUT2D eigenvalue weighted by Crippen LogP contribution is -2.18. The minimum absolute atomic E-state index is 0. The van der Waals surface area contributed by atoms with E-state index in [2.05, 4.69) is 216 Å². The van der Waals surface area contributed by atoms with Crippen LogP contribution in [-0.2, 0) is 6.42 Å². The summed E-state index contributed by atoms with van der Waals surface area (Å²) in [5, 5.41) is 25.7. The first-order valence-corrected chi connectivity index (χ1v) is 31.5. The number of aromatic nitrogens is 11. The monoisotopic (exact) mass is 1300 g/mol. The highest BCUT2D eigenvalue weighted by Crippen LogP contribution is 2.51. The maximum absolute atomic E-state index is 12.8. The molecule has 20 rings (SSSR count). The molecule has 0 N–H and O–H groups in total. The molecule has 0 amide bonds. The molecule has 0 unspecified atom stereocenters. The highest BCUT2D eigenvalue weighted by atomic mass is 19.2. The maximum Gasteiger partial charge on any atom is 0.200 e. The number of hydrogen-bond acceptors (Lipinski definition) is 8. The summed E-state index contributed by atoms with van der Waals surface area (Å²) in [4.78, 5) is 29.9. The Bertz CT molecular complexity index is 6140. The van der Waals surface area contributed by atoms with Crippen LogP contribution in [0.1, 0.15) is 23.7 Å². The summed E-state index contributed by atoms with van der Waals surface area (Å²) >= 11 is 0. The highest BCUT2D eigenvalue weighted by Gasteiger charge is 2.37. The number of halogens is 5. The summed E-state index contributed by atoms with van der Waals surface area (Å²) < 4.78 is 73.4. The van der Waals surface area contributed by atoms with E-state index in [-0.39, 0.29) is 1.43 Å². The third-order valence-electron chi connectivity index (χ3n) is 18.6. The molecule has 18 heteroatoms. The minimum atomic E-state index is -2.27. The molecule has 0 spiro atoms. The van der Waals surface area contributed by atoms with Crippen molar-refractivity contribution in [1.29, 1.82) is 10.5 Å². The summed E-state index contributed by atoms with van der Waals surface area (Å²) in [6, 6.07) is 79.2. The summed E-state index contributed by atoms with van der Waals surface area (Å²) in [6.07, 6.45) is 12.2. The number of pyridine rings is 6. The quantitative estimate of drug-likeness (QED) is 0.0939. The average molecular weight is 1300 g/mol. The molecule has 99 heavy (non-hydrogen) atoms. The van der Waals surface area contributed by atoms with Crippen LogP contribution >= 0.6 is 0 Å². The SMILES string of the molecule is N#Cc1c(-n2c3ccccc3c3ncccc32)c(-n2c3ccccc3c3ncccc32)c(-n2c3ccccc3c3ncccc32)c(-n2c3ccccc3c3ncccc32)c1-n1c2ccccc2c2ncccc21.N#Cc1c(F)c(F)c(F)c(F)c1F.[2H-].c1ccc2c(c1)Cc1cccnc1-2. The van der Waals surface area contributed by atoms with Gasteiger partial charge in [0.1, 0.15) is 23.3 Å². The van der Waals surface area contributed by atoms with Crippen LogP contribution in [0.25, 0.3) is 149 Å². The molecule has 0 fully saturated rings. The van der Waals surface area contributed by atoms with Gasteiger partial charge in [0.05, 0.1) is 117 Å². The van der Waals surface area contributed by atoms with Crippen molar-refractivity contribution in [3.8, 4) is 51.8 Å². The summed E-state index contributed by atoms with van der Waals surface area (Å²) in [5.41, 5.74) is 20.8. The van der Waals surface area contributed by atoms with Gasteiger partial charge in [-0.05, 0) is 108 Å². The molecule has 0 saturated heterocycles. The molecular formula is C81H45F5N13-. The number of para-hydroxylation sites is 5. The van der Waals surface area contributed by atoms with Gasteiger partial charge >= 0.3 is 0 Å². The maximum atomic E-state index is 12.8. The highest BCUT2D eigenvalue weighted by molar-refractivity contribution is 6.16. The Morgan fingerprint density at radius 1 is 0.273 bits per heavy atom. The van der Waals surface area contributed by atoms with Crippen LogP contribution in [0, 0.1) is 51.7 Å². The van der Waals surface area contributed by atoms with Gasteiger partial charge in [0, 0.05) is 76.1 Å². The molecule has 1 aliphatic rings. The van der Waals surface area contributed by atoms with Gasteiger partial charge in [-0.1, -0.05) is 121 Å². The number of hydrogen-bond donors (Lipinski definition) is 0. The Hall–Kier alpha value is -13.7. The van der Waals surface area contributed by atoms with Crippen molar-refractivity contribution in [2.24, 2.45) is 0 Å². The number of nitriles is 2. The molecule has 0 radical (unpaired) electrons. The van der Waals surface area contributed by atoms with Crippen LogP contribution in [0.5, 0.6) is 0 Å². The molecule has 0 aliphatic heterocycles. The molecule has 19 aromatic rings. The molecule has 0 bridgehead atoms. The minimum Gasteiger partial charge on any atom is -1.00 e. The van der Waals surface area contributed by atoms with Crippen LogP contribution in [0.4, 0.5) is 22.0 Å². The lowest BCUT2D eigenvalue weighted by molar-refractivity contribution is 0.376. The number of nitrogens with zero attached hydrogens (tertiary/aromatic N) is 13. The van der Waals surface area contributed by atoms with Crippen molar-refractivity contribution in [3.05, 3.63) is 307 Å². The van der Waals surface area contributed by atoms with Crippen molar-refractivity contribution < 1.29 is 23.4 Å². The Morgan fingerprint density at radius 2 is 0.535 bits per heavy atom. The number of rotatable bonds is 5. The van der Waals surface area contributed by atoms with Crippen molar-refractivity contribution >= 4 is 110 Å². The second-order valence-electron chi connectivity index (χ2n) is 23.8. The van der Waals surface area contributed by atoms with Gasteiger partial charge in [0.15, 0.2) is 23.3 Å².